The molecule has 2 fully saturated rings. The molecule has 0 bridgehead atoms. The Morgan fingerprint density at radius 1 is 1.31 bits per heavy atom. The van der Waals surface area contributed by atoms with Gasteiger partial charge >= 0.3 is 0 Å². The summed E-state index contributed by atoms with van der Waals surface area (Å²) in [5.41, 5.74) is 1.87. The number of hydrogen-bond donors (Lipinski definition) is 1. The van der Waals surface area contributed by atoms with E-state index in [0.29, 0.717) is 32.8 Å². The van der Waals surface area contributed by atoms with Gasteiger partial charge in [-0.2, -0.15) is 0 Å². The van der Waals surface area contributed by atoms with Crippen molar-refractivity contribution >= 4 is 51.7 Å². The number of quaternary nitrogens is 1. The maximum absolute atomic E-state index is 13.4. The fourth-order valence-electron chi connectivity index (χ4n) is 3.67. The minimum atomic E-state index is -0.165. The second-order valence-electron chi connectivity index (χ2n) is 7.41. The summed E-state index contributed by atoms with van der Waals surface area (Å²) in [6.07, 6.45) is 3.41. The van der Waals surface area contributed by atoms with Gasteiger partial charge < -0.3 is 9.80 Å². The van der Waals surface area contributed by atoms with E-state index in [1.165, 1.54) is 16.7 Å². The highest BCUT2D eigenvalue weighted by atomic mass is 32.2. The van der Waals surface area contributed by atoms with E-state index < -0.39 is 0 Å². The fraction of sp³-hybridized carbons (Fsp3) is 0.400. The Morgan fingerprint density at radius 2 is 2.03 bits per heavy atom. The third kappa shape index (κ3) is 3.58. The monoisotopic (exact) mass is 430 g/mol. The van der Waals surface area contributed by atoms with E-state index in [0.717, 1.165) is 31.7 Å². The predicted molar refractivity (Wildman–Crippen MR) is 121 cm³/mol. The summed E-state index contributed by atoms with van der Waals surface area (Å²) in [6, 6.07) is 3.79. The Morgan fingerprint density at radius 3 is 2.69 bits per heavy atom. The van der Waals surface area contributed by atoms with Gasteiger partial charge in [0.05, 0.1) is 43.7 Å². The molecule has 2 aromatic rings. The lowest BCUT2D eigenvalue weighted by Crippen LogP contribution is -3.12. The van der Waals surface area contributed by atoms with E-state index in [4.69, 9.17) is 17.2 Å². The number of aromatic nitrogens is 2. The molecule has 152 valence electrons. The number of piperazine rings is 1. The summed E-state index contributed by atoms with van der Waals surface area (Å²) in [4.78, 5) is 36.7. The summed E-state index contributed by atoms with van der Waals surface area (Å²) >= 11 is 6.57. The topological polar surface area (TPSA) is 62.4 Å². The lowest BCUT2D eigenvalue weighted by atomic mass is 10.2. The highest BCUT2D eigenvalue weighted by Gasteiger charge is 2.32. The molecular formula is C20H24N5O2S2+. The van der Waals surface area contributed by atoms with Crippen molar-refractivity contribution in [3.05, 3.63) is 44.7 Å². The molecule has 2 aromatic heterocycles. The van der Waals surface area contributed by atoms with Crippen LogP contribution in [0.1, 0.15) is 18.1 Å². The Kier molecular flexibility index (Phi) is 5.46. The number of amides is 1. The Bertz CT molecular complexity index is 1090. The number of thioether (sulfide) groups is 1. The summed E-state index contributed by atoms with van der Waals surface area (Å²) < 4.78 is 2.09. The summed E-state index contributed by atoms with van der Waals surface area (Å²) in [5, 5.41) is 0. The number of hydrogen-bond acceptors (Lipinski definition) is 6. The molecule has 0 aromatic carbocycles. The van der Waals surface area contributed by atoms with Crippen molar-refractivity contribution in [3.8, 4) is 0 Å². The highest BCUT2D eigenvalue weighted by molar-refractivity contribution is 8.26. The average molecular weight is 431 g/mol. The number of nitrogens with one attached hydrogen (secondary N) is 1. The summed E-state index contributed by atoms with van der Waals surface area (Å²) in [7, 11) is 2.17. The van der Waals surface area contributed by atoms with Gasteiger partial charge in [0, 0.05) is 12.7 Å². The van der Waals surface area contributed by atoms with Crippen LogP contribution in [0.3, 0.4) is 0 Å². The van der Waals surface area contributed by atoms with E-state index in [-0.39, 0.29) is 11.5 Å². The molecule has 0 radical (unpaired) electrons. The Labute approximate surface area is 179 Å². The van der Waals surface area contributed by atoms with Gasteiger partial charge in [0.25, 0.3) is 11.5 Å². The van der Waals surface area contributed by atoms with Crippen molar-refractivity contribution in [1.29, 1.82) is 0 Å². The number of carbonyl (C=O) groups is 1. The molecule has 7 nitrogen and oxygen atoms in total. The van der Waals surface area contributed by atoms with Crippen molar-refractivity contribution in [3.63, 3.8) is 0 Å². The Balaban J connectivity index is 1.90. The normalized spacial score (nSPS) is 19.8. The van der Waals surface area contributed by atoms with Crippen LogP contribution in [-0.2, 0) is 4.79 Å². The molecule has 2 aliphatic rings. The minimum absolute atomic E-state index is 0.148. The molecule has 0 spiro atoms. The van der Waals surface area contributed by atoms with E-state index in [1.54, 1.807) is 21.6 Å². The summed E-state index contributed by atoms with van der Waals surface area (Å²) in [5.74, 6) is 0.503. The molecular weight excluding hydrogens is 406 g/mol. The van der Waals surface area contributed by atoms with Gasteiger partial charge in [-0.3, -0.25) is 18.9 Å². The molecule has 29 heavy (non-hydrogen) atoms. The number of rotatable bonds is 3. The second-order valence-corrected chi connectivity index (χ2v) is 9.08. The molecule has 0 aliphatic carbocycles. The molecule has 9 heteroatoms. The largest absolute Gasteiger partial charge is 0.345 e. The van der Waals surface area contributed by atoms with Gasteiger partial charge in [0.15, 0.2) is 0 Å². The van der Waals surface area contributed by atoms with Crippen LogP contribution in [-0.4, -0.2) is 64.3 Å². The molecule has 4 heterocycles. The molecule has 2 aliphatic heterocycles. The van der Waals surface area contributed by atoms with Gasteiger partial charge in [-0.05, 0) is 31.6 Å². The van der Waals surface area contributed by atoms with Crippen LogP contribution >= 0.6 is 24.0 Å². The van der Waals surface area contributed by atoms with Crippen molar-refractivity contribution in [2.75, 3.05) is 44.7 Å². The van der Waals surface area contributed by atoms with Crippen molar-refractivity contribution in [2.24, 2.45) is 0 Å². The highest BCUT2D eigenvalue weighted by Crippen LogP contribution is 2.33. The third-order valence-corrected chi connectivity index (χ3v) is 6.82. The first-order valence-corrected chi connectivity index (χ1v) is 11.0. The third-order valence-electron chi connectivity index (χ3n) is 5.45. The number of carbonyl (C=O) groups excluding carboxylic acids is 1. The zero-order valence-corrected chi connectivity index (χ0v) is 18.4. The number of anilines is 1. The van der Waals surface area contributed by atoms with Crippen LogP contribution in [0.15, 0.2) is 28.0 Å². The summed E-state index contributed by atoms with van der Waals surface area (Å²) in [6.45, 7) is 7.95. The van der Waals surface area contributed by atoms with E-state index in [1.807, 2.05) is 26.0 Å². The molecule has 0 atom stereocenters. The van der Waals surface area contributed by atoms with Gasteiger partial charge in [0.1, 0.15) is 15.8 Å². The molecule has 0 unspecified atom stereocenters. The van der Waals surface area contributed by atoms with Crippen LogP contribution in [0.25, 0.3) is 11.7 Å². The maximum atomic E-state index is 13.4. The Hall–Kier alpha value is -2.23. The van der Waals surface area contributed by atoms with Crippen LogP contribution in [0.5, 0.6) is 0 Å². The molecule has 4 rings (SSSR count). The van der Waals surface area contributed by atoms with Crippen LogP contribution in [0.4, 0.5) is 5.82 Å². The maximum Gasteiger partial charge on any atom is 0.267 e. The first-order chi connectivity index (χ1) is 13.9. The molecule has 2 saturated heterocycles. The van der Waals surface area contributed by atoms with Crippen molar-refractivity contribution < 1.29 is 9.69 Å². The van der Waals surface area contributed by atoms with E-state index in [2.05, 4.69) is 11.9 Å². The molecule has 1 N–H and O–H groups in total. The quantitative estimate of drug-likeness (QED) is 0.567. The number of pyridine rings is 1. The van der Waals surface area contributed by atoms with Crippen molar-refractivity contribution in [1.82, 2.24) is 14.3 Å². The van der Waals surface area contributed by atoms with Crippen molar-refractivity contribution in [2.45, 2.75) is 13.8 Å². The first kappa shape index (κ1) is 20.1. The standard InChI is InChI=1S/C20H23N5O2S2/c1-4-24-19(27)15(29-20(24)28)12-14-17(23-10-8-22(3)9-11-23)21-16-13(2)6-5-7-25(16)18(14)26/h5-7,12H,4,8-11H2,1-3H3/p+1/b15-12-. The van der Waals surface area contributed by atoms with E-state index in [9.17, 15) is 9.59 Å². The number of thiocarbonyl (C=S) groups is 1. The predicted octanol–water partition coefficient (Wildman–Crippen LogP) is 0.559. The van der Waals surface area contributed by atoms with Gasteiger partial charge in [0.2, 0.25) is 0 Å². The average Bonchev–Trinajstić information content (AvgIpc) is 2.97. The smallest absolute Gasteiger partial charge is 0.267 e. The zero-order chi connectivity index (χ0) is 20.7. The van der Waals surface area contributed by atoms with Gasteiger partial charge in [-0.15, -0.1) is 0 Å². The number of likely N-dealkylation sites (N-methyl/N-ethyl adjacent to an activating group) is 2. The number of aryl methyl sites for hydroxylation is 1. The first-order valence-electron chi connectivity index (χ1n) is 9.74. The molecule has 0 saturated carbocycles. The zero-order valence-electron chi connectivity index (χ0n) is 16.8. The molecule has 1 amide bonds. The van der Waals surface area contributed by atoms with Crippen LogP contribution in [0, 0.1) is 6.92 Å². The lowest BCUT2D eigenvalue weighted by molar-refractivity contribution is -0.880. The van der Waals surface area contributed by atoms with Gasteiger partial charge in [-0.1, -0.05) is 30.0 Å². The van der Waals surface area contributed by atoms with Crippen LogP contribution in [0.2, 0.25) is 0 Å². The SMILES string of the molecule is CCN1C(=O)/C(=C/c2c(N3CC[NH+](C)CC3)nc3c(C)cccn3c2=O)SC1=S. The van der Waals surface area contributed by atoms with Gasteiger partial charge in [-0.25, -0.2) is 4.98 Å². The van der Waals surface area contributed by atoms with Crippen LogP contribution < -0.4 is 15.4 Å². The fourth-order valence-corrected chi connectivity index (χ4v) is 5.04. The number of fused-ring (bicyclic) bond motifs is 1. The minimum Gasteiger partial charge on any atom is -0.345 e. The number of nitrogens with zero attached hydrogens (tertiary/aromatic N) is 4. The van der Waals surface area contributed by atoms with E-state index >= 15 is 0 Å². The lowest BCUT2D eigenvalue weighted by Gasteiger charge is -2.31. The second kappa shape index (κ2) is 7.89.